The molecule has 1 heterocycles. The van der Waals surface area contributed by atoms with Crippen LogP contribution in [0.4, 0.5) is 4.39 Å². The number of hydrogen-bond donors (Lipinski definition) is 2. The molecule has 2 atom stereocenters. The van der Waals surface area contributed by atoms with Crippen molar-refractivity contribution in [3.63, 3.8) is 0 Å². The zero-order valence-electron chi connectivity index (χ0n) is 17.7. The van der Waals surface area contributed by atoms with Crippen LogP contribution < -0.4 is 15.2 Å². The van der Waals surface area contributed by atoms with Gasteiger partial charge >= 0.3 is 0 Å². The van der Waals surface area contributed by atoms with E-state index in [-0.39, 0.29) is 23.5 Å². The summed E-state index contributed by atoms with van der Waals surface area (Å²) in [4.78, 5) is 0. The van der Waals surface area contributed by atoms with Crippen molar-refractivity contribution in [1.29, 1.82) is 5.26 Å². The number of hydrogen-bond acceptors (Lipinski definition) is 8. The van der Waals surface area contributed by atoms with E-state index in [2.05, 4.69) is 16.3 Å². The average Bonchev–Trinajstić information content (AvgIpc) is 3.23. The van der Waals surface area contributed by atoms with Gasteiger partial charge in [-0.3, -0.25) is 0 Å². The summed E-state index contributed by atoms with van der Waals surface area (Å²) >= 11 is 7.55. The Kier molecular flexibility index (Phi) is 7.64. The molecule has 0 amide bonds. The molecule has 0 saturated heterocycles. The first-order valence-electron chi connectivity index (χ1n) is 9.80. The zero-order chi connectivity index (χ0) is 23.4. The molecule has 0 aliphatic heterocycles. The van der Waals surface area contributed by atoms with Crippen LogP contribution in [0.25, 0.3) is 21.1 Å². The van der Waals surface area contributed by atoms with Gasteiger partial charge in [0.15, 0.2) is 11.6 Å². The molecule has 10 heteroatoms. The predicted octanol–water partition coefficient (Wildman–Crippen LogP) is 4.41. The third kappa shape index (κ3) is 5.53. The summed E-state index contributed by atoms with van der Waals surface area (Å²) in [7, 11) is 0. The van der Waals surface area contributed by atoms with Crippen LogP contribution in [0.1, 0.15) is 26.3 Å². The molecule has 3 rings (SSSR count). The van der Waals surface area contributed by atoms with Gasteiger partial charge in [0.25, 0.3) is 0 Å². The maximum Gasteiger partial charge on any atom is 0.165 e. The van der Waals surface area contributed by atoms with Gasteiger partial charge in [0.05, 0.1) is 28.8 Å². The molecular formula is C22H22ClFN4O3S. The molecule has 1 aromatic heterocycles. The number of nitrogens with two attached hydrogens (primary N) is 1. The van der Waals surface area contributed by atoms with E-state index < -0.39 is 18.0 Å². The summed E-state index contributed by atoms with van der Waals surface area (Å²) in [6.45, 7) is 5.22. The Morgan fingerprint density at radius 1 is 1.19 bits per heavy atom. The molecule has 2 aromatic carbocycles. The molecule has 0 fully saturated rings. The van der Waals surface area contributed by atoms with Crippen LogP contribution >= 0.6 is 22.9 Å². The number of aliphatic hydroxyl groups is 1. The lowest BCUT2D eigenvalue weighted by atomic mass is 10.1. The number of nitriles is 1. The Hall–Kier alpha value is -2.77. The van der Waals surface area contributed by atoms with E-state index in [0.29, 0.717) is 32.5 Å². The highest BCUT2D eigenvalue weighted by molar-refractivity contribution is 7.18. The van der Waals surface area contributed by atoms with Gasteiger partial charge in [-0.2, -0.15) is 5.26 Å². The molecule has 2 unspecified atom stereocenters. The average molecular weight is 477 g/mol. The lowest BCUT2D eigenvalue weighted by Crippen LogP contribution is -2.38. The predicted molar refractivity (Wildman–Crippen MR) is 121 cm³/mol. The first kappa shape index (κ1) is 23.9. The van der Waals surface area contributed by atoms with Crippen LogP contribution in [0.5, 0.6) is 11.5 Å². The molecule has 0 spiro atoms. The molecule has 0 bridgehead atoms. The topological polar surface area (TPSA) is 114 Å². The molecule has 3 N–H and O–H groups in total. The van der Waals surface area contributed by atoms with Gasteiger partial charge in [-0.15, -0.1) is 10.2 Å². The number of aliphatic hydroxyl groups excluding tert-OH is 1. The SMILES string of the molecule is CC(C)Oc1ccc(-c2nnc(-c3cc(F)c(OCC(N)C(C)O)cc3Cl)s2)cc1C#N. The third-order valence-electron chi connectivity index (χ3n) is 4.44. The van der Waals surface area contributed by atoms with E-state index in [1.54, 1.807) is 18.2 Å². The number of ether oxygens (including phenoxy) is 2. The van der Waals surface area contributed by atoms with Crippen molar-refractivity contribution in [2.24, 2.45) is 5.73 Å². The lowest BCUT2D eigenvalue weighted by Gasteiger charge is -2.16. The second-order valence-electron chi connectivity index (χ2n) is 7.38. The van der Waals surface area contributed by atoms with Crippen molar-refractivity contribution in [3.8, 4) is 38.7 Å². The Bertz CT molecular complexity index is 1150. The van der Waals surface area contributed by atoms with Gasteiger partial charge in [-0.25, -0.2) is 4.39 Å². The van der Waals surface area contributed by atoms with Gasteiger partial charge in [-0.1, -0.05) is 22.9 Å². The monoisotopic (exact) mass is 476 g/mol. The van der Waals surface area contributed by atoms with Crippen molar-refractivity contribution in [2.75, 3.05) is 6.61 Å². The molecule has 3 aromatic rings. The van der Waals surface area contributed by atoms with E-state index in [1.807, 2.05) is 13.8 Å². The number of rotatable bonds is 8. The van der Waals surface area contributed by atoms with Crippen molar-refractivity contribution in [2.45, 2.75) is 39.0 Å². The fourth-order valence-corrected chi connectivity index (χ4v) is 3.85. The van der Waals surface area contributed by atoms with Crippen molar-refractivity contribution < 1.29 is 19.0 Å². The molecule has 0 aliphatic carbocycles. The highest BCUT2D eigenvalue weighted by Gasteiger charge is 2.18. The fraction of sp³-hybridized carbons (Fsp3) is 0.318. The largest absolute Gasteiger partial charge is 0.490 e. The van der Waals surface area contributed by atoms with E-state index in [4.69, 9.17) is 26.8 Å². The summed E-state index contributed by atoms with van der Waals surface area (Å²) in [5.41, 5.74) is 7.14. The Balaban J connectivity index is 1.85. The molecule has 32 heavy (non-hydrogen) atoms. The summed E-state index contributed by atoms with van der Waals surface area (Å²) in [6.07, 6.45) is -0.854. The van der Waals surface area contributed by atoms with E-state index in [9.17, 15) is 14.8 Å². The first-order valence-corrected chi connectivity index (χ1v) is 11.0. The van der Waals surface area contributed by atoms with E-state index >= 15 is 0 Å². The second kappa shape index (κ2) is 10.2. The normalized spacial score (nSPS) is 13.0. The van der Waals surface area contributed by atoms with Gasteiger partial charge in [-0.05, 0) is 45.0 Å². The molecule has 0 aliphatic rings. The van der Waals surface area contributed by atoms with Crippen LogP contribution in [0.2, 0.25) is 5.02 Å². The summed E-state index contributed by atoms with van der Waals surface area (Å²) < 4.78 is 25.6. The van der Waals surface area contributed by atoms with Crippen LogP contribution in [0, 0.1) is 17.1 Å². The number of nitrogens with zero attached hydrogens (tertiary/aromatic N) is 3. The molecular weight excluding hydrogens is 455 g/mol. The highest BCUT2D eigenvalue weighted by atomic mass is 35.5. The van der Waals surface area contributed by atoms with Crippen molar-refractivity contribution in [3.05, 3.63) is 46.7 Å². The van der Waals surface area contributed by atoms with Gasteiger partial charge < -0.3 is 20.3 Å². The van der Waals surface area contributed by atoms with Crippen LogP contribution in [0.15, 0.2) is 30.3 Å². The molecule has 0 radical (unpaired) electrons. The van der Waals surface area contributed by atoms with Crippen LogP contribution in [0.3, 0.4) is 0 Å². The fourth-order valence-electron chi connectivity index (χ4n) is 2.68. The van der Waals surface area contributed by atoms with E-state index in [0.717, 1.165) is 0 Å². The Morgan fingerprint density at radius 3 is 2.56 bits per heavy atom. The third-order valence-corrected chi connectivity index (χ3v) is 5.76. The maximum atomic E-state index is 14.6. The van der Waals surface area contributed by atoms with E-state index in [1.165, 1.54) is 30.4 Å². The quantitative estimate of drug-likeness (QED) is 0.494. The van der Waals surface area contributed by atoms with Gasteiger partial charge in [0.1, 0.15) is 28.4 Å². The maximum absolute atomic E-state index is 14.6. The number of benzene rings is 2. The van der Waals surface area contributed by atoms with Crippen LogP contribution in [-0.4, -0.2) is 40.2 Å². The van der Waals surface area contributed by atoms with Gasteiger partial charge in [0, 0.05) is 17.2 Å². The molecule has 7 nitrogen and oxygen atoms in total. The summed E-state index contributed by atoms with van der Waals surface area (Å²) in [6, 6.07) is 9.19. The first-order chi connectivity index (χ1) is 15.2. The van der Waals surface area contributed by atoms with Crippen molar-refractivity contribution >= 4 is 22.9 Å². The number of aromatic nitrogens is 2. The Labute approximate surface area is 194 Å². The zero-order valence-corrected chi connectivity index (χ0v) is 19.2. The standard InChI is InChI=1S/C22H22ClFN4O3S/c1-11(2)31-19-5-4-13(6-14(19)9-25)21-27-28-22(32-21)15-7-17(24)20(8-16(15)23)30-10-18(26)12(3)29/h4-8,11-12,18,29H,10,26H2,1-3H3. The minimum Gasteiger partial charge on any atom is -0.490 e. The number of halogens is 2. The minimum absolute atomic E-state index is 0.0622. The smallest absolute Gasteiger partial charge is 0.165 e. The van der Waals surface area contributed by atoms with Crippen LogP contribution in [-0.2, 0) is 0 Å². The summed E-state index contributed by atoms with van der Waals surface area (Å²) in [5.74, 6) is -0.216. The summed E-state index contributed by atoms with van der Waals surface area (Å²) in [5, 5.41) is 28.3. The Morgan fingerprint density at radius 2 is 1.91 bits per heavy atom. The minimum atomic E-state index is -0.792. The highest BCUT2D eigenvalue weighted by Crippen LogP contribution is 2.38. The van der Waals surface area contributed by atoms with Gasteiger partial charge in [0.2, 0.25) is 0 Å². The lowest BCUT2D eigenvalue weighted by molar-refractivity contribution is 0.129. The molecule has 168 valence electrons. The molecule has 0 saturated carbocycles. The second-order valence-corrected chi connectivity index (χ2v) is 8.76. The van der Waals surface area contributed by atoms with Crippen molar-refractivity contribution in [1.82, 2.24) is 10.2 Å².